The van der Waals surface area contributed by atoms with Gasteiger partial charge in [0.1, 0.15) is 0 Å². The van der Waals surface area contributed by atoms with Crippen LogP contribution in [0.25, 0.3) is 0 Å². The maximum Gasteiger partial charge on any atom is 0.294 e. The van der Waals surface area contributed by atoms with E-state index in [9.17, 15) is 13.0 Å². The van der Waals surface area contributed by atoms with Gasteiger partial charge in [0.05, 0.1) is 4.90 Å². The van der Waals surface area contributed by atoms with Crippen molar-refractivity contribution >= 4 is 10.1 Å². The summed E-state index contributed by atoms with van der Waals surface area (Å²) in [7, 11) is -4.17. The van der Waals surface area contributed by atoms with Gasteiger partial charge in [0, 0.05) is 0 Å². The molecular formula is C18H30O3S. The molecule has 126 valence electrons. The normalized spacial score (nSPS) is 11.9. The van der Waals surface area contributed by atoms with Crippen LogP contribution in [0.1, 0.15) is 75.6 Å². The third kappa shape index (κ3) is 4.56. The maximum absolute atomic E-state index is 11.9. The van der Waals surface area contributed by atoms with E-state index < -0.39 is 10.1 Å². The van der Waals surface area contributed by atoms with E-state index in [1.54, 1.807) is 6.07 Å². The summed E-state index contributed by atoms with van der Waals surface area (Å²) in [6.45, 7) is 8.41. The first-order valence-corrected chi connectivity index (χ1v) is 9.98. The molecule has 0 aliphatic carbocycles. The quantitative estimate of drug-likeness (QED) is 0.667. The van der Waals surface area contributed by atoms with Crippen molar-refractivity contribution in [2.24, 2.45) is 0 Å². The first kappa shape index (κ1) is 19.2. The van der Waals surface area contributed by atoms with Crippen molar-refractivity contribution in [3.05, 3.63) is 28.3 Å². The average Bonchev–Trinajstić information content (AvgIpc) is 2.44. The van der Waals surface area contributed by atoms with Gasteiger partial charge in [0.15, 0.2) is 0 Å². The second kappa shape index (κ2) is 8.68. The smallest absolute Gasteiger partial charge is 0.282 e. The van der Waals surface area contributed by atoms with Crippen LogP contribution in [0.15, 0.2) is 11.0 Å². The number of hydrogen-bond donors (Lipinski definition) is 1. The molecule has 1 aromatic carbocycles. The number of benzene rings is 1. The topological polar surface area (TPSA) is 54.4 Å². The Morgan fingerprint density at radius 2 is 1.23 bits per heavy atom. The SMILES string of the molecule is CCCc1cc(S(=O)(=O)O)c(CCC)c(CCC)c1CCC. The Morgan fingerprint density at radius 3 is 1.68 bits per heavy atom. The van der Waals surface area contributed by atoms with Crippen molar-refractivity contribution in [2.75, 3.05) is 0 Å². The molecule has 22 heavy (non-hydrogen) atoms. The van der Waals surface area contributed by atoms with Crippen LogP contribution in [0.5, 0.6) is 0 Å². The molecule has 0 saturated heterocycles. The molecule has 0 unspecified atom stereocenters. The van der Waals surface area contributed by atoms with Crippen LogP contribution in [0, 0.1) is 0 Å². The third-order valence-corrected chi connectivity index (χ3v) is 4.94. The summed E-state index contributed by atoms with van der Waals surface area (Å²) in [5.74, 6) is 0. The lowest BCUT2D eigenvalue weighted by molar-refractivity contribution is 0.481. The highest BCUT2D eigenvalue weighted by Crippen LogP contribution is 2.31. The van der Waals surface area contributed by atoms with Gasteiger partial charge < -0.3 is 0 Å². The molecule has 0 fully saturated rings. The van der Waals surface area contributed by atoms with Crippen LogP contribution in [0.4, 0.5) is 0 Å². The molecule has 0 aliphatic rings. The molecule has 0 amide bonds. The van der Waals surface area contributed by atoms with Crippen LogP contribution in [0.3, 0.4) is 0 Å². The van der Waals surface area contributed by atoms with Crippen LogP contribution < -0.4 is 0 Å². The Hall–Kier alpha value is -0.870. The largest absolute Gasteiger partial charge is 0.294 e. The summed E-state index contributed by atoms with van der Waals surface area (Å²) in [6, 6.07) is 1.73. The van der Waals surface area contributed by atoms with Crippen molar-refractivity contribution in [3.8, 4) is 0 Å². The molecule has 0 aliphatic heterocycles. The Morgan fingerprint density at radius 1 is 0.773 bits per heavy atom. The molecule has 1 aromatic rings. The summed E-state index contributed by atoms with van der Waals surface area (Å²) in [4.78, 5) is 0.140. The lowest BCUT2D eigenvalue weighted by Crippen LogP contribution is -2.12. The molecule has 1 rings (SSSR count). The fourth-order valence-electron chi connectivity index (χ4n) is 3.22. The van der Waals surface area contributed by atoms with Crippen molar-refractivity contribution in [1.82, 2.24) is 0 Å². The van der Waals surface area contributed by atoms with Gasteiger partial charge in [-0.15, -0.1) is 0 Å². The first-order valence-electron chi connectivity index (χ1n) is 8.54. The molecule has 0 atom stereocenters. The molecule has 0 radical (unpaired) electrons. The summed E-state index contributed by atoms with van der Waals surface area (Å²) >= 11 is 0. The van der Waals surface area contributed by atoms with E-state index in [1.807, 2.05) is 6.92 Å². The van der Waals surface area contributed by atoms with E-state index in [0.29, 0.717) is 6.42 Å². The molecule has 0 saturated carbocycles. The minimum Gasteiger partial charge on any atom is -0.282 e. The van der Waals surface area contributed by atoms with E-state index in [4.69, 9.17) is 0 Å². The molecule has 1 N–H and O–H groups in total. The van der Waals surface area contributed by atoms with Crippen LogP contribution in [0.2, 0.25) is 0 Å². The molecule has 0 spiro atoms. The van der Waals surface area contributed by atoms with Crippen LogP contribution >= 0.6 is 0 Å². The van der Waals surface area contributed by atoms with E-state index >= 15 is 0 Å². The van der Waals surface area contributed by atoms with Crippen LogP contribution in [-0.2, 0) is 35.8 Å². The van der Waals surface area contributed by atoms with Gasteiger partial charge in [-0.2, -0.15) is 8.42 Å². The second-order valence-corrected chi connectivity index (χ2v) is 7.33. The Labute approximate surface area is 135 Å². The van der Waals surface area contributed by atoms with Gasteiger partial charge in [-0.05, 0) is 54.0 Å². The molecule has 0 heterocycles. The van der Waals surface area contributed by atoms with Gasteiger partial charge in [-0.3, -0.25) is 4.55 Å². The second-order valence-electron chi connectivity index (χ2n) is 5.94. The lowest BCUT2D eigenvalue weighted by atomic mass is 9.87. The minimum atomic E-state index is -4.17. The highest BCUT2D eigenvalue weighted by atomic mass is 32.2. The average molecular weight is 327 g/mol. The predicted molar refractivity (Wildman–Crippen MR) is 92.2 cm³/mol. The van der Waals surface area contributed by atoms with Gasteiger partial charge >= 0.3 is 0 Å². The van der Waals surface area contributed by atoms with E-state index in [1.165, 1.54) is 11.1 Å². The minimum absolute atomic E-state index is 0.140. The first-order chi connectivity index (χ1) is 10.4. The van der Waals surface area contributed by atoms with E-state index in [2.05, 4.69) is 20.8 Å². The Kier molecular flexibility index (Phi) is 7.57. The summed E-state index contributed by atoms with van der Waals surface area (Å²) in [5, 5.41) is 0. The van der Waals surface area contributed by atoms with Crippen molar-refractivity contribution in [2.45, 2.75) is 84.0 Å². The molecular weight excluding hydrogens is 296 g/mol. The van der Waals surface area contributed by atoms with Crippen molar-refractivity contribution in [3.63, 3.8) is 0 Å². The van der Waals surface area contributed by atoms with E-state index in [0.717, 1.165) is 56.1 Å². The summed E-state index contributed by atoms with van der Waals surface area (Å²) < 4.78 is 33.4. The predicted octanol–water partition coefficient (Wildman–Crippen LogP) is 4.74. The molecule has 4 heteroatoms. The van der Waals surface area contributed by atoms with Crippen molar-refractivity contribution < 1.29 is 13.0 Å². The fraction of sp³-hybridized carbons (Fsp3) is 0.667. The highest BCUT2D eigenvalue weighted by molar-refractivity contribution is 7.85. The zero-order chi connectivity index (χ0) is 16.8. The van der Waals surface area contributed by atoms with Gasteiger partial charge in [-0.25, -0.2) is 0 Å². The van der Waals surface area contributed by atoms with Crippen molar-refractivity contribution in [1.29, 1.82) is 0 Å². The molecule has 0 aromatic heterocycles. The molecule has 3 nitrogen and oxygen atoms in total. The molecule has 0 bridgehead atoms. The standard InChI is InChI=1S/C18H30O3S/c1-5-9-14-13-18(22(19,20)21)17(12-8-4)16(11-7-3)15(14)10-6-2/h13H,5-12H2,1-4H3,(H,19,20,21). The Balaban J connectivity index is 3.71. The third-order valence-electron chi connectivity index (χ3n) is 4.02. The van der Waals surface area contributed by atoms with Crippen LogP contribution in [-0.4, -0.2) is 13.0 Å². The monoisotopic (exact) mass is 326 g/mol. The van der Waals surface area contributed by atoms with Gasteiger partial charge in [0.25, 0.3) is 10.1 Å². The number of hydrogen-bond acceptors (Lipinski definition) is 2. The lowest BCUT2D eigenvalue weighted by Gasteiger charge is -2.21. The van der Waals surface area contributed by atoms with Gasteiger partial charge in [0.2, 0.25) is 0 Å². The number of rotatable bonds is 9. The summed E-state index contributed by atoms with van der Waals surface area (Å²) in [6.07, 6.45) is 7.29. The zero-order valence-corrected chi connectivity index (χ0v) is 15.2. The van der Waals surface area contributed by atoms with Gasteiger partial charge in [-0.1, -0.05) is 53.4 Å². The zero-order valence-electron chi connectivity index (χ0n) is 14.4. The maximum atomic E-state index is 11.9. The van der Waals surface area contributed by atoms with E-state index in [-0.39, 0.29) is 4.90 Å². The fourth-order valence-corrected chi connectivity index (χ4v) is 4.04. The highest BCUT2D eigenvalue weighted by Gasteiger charge is 2.22. The Bertz CT molecular complexity index is 589. The summed E-state index contributed by atoms with van der Waals surface area (Å²) in [5.41, 5.74) is 4.43. The number of aryl methyl sites for hydroxylation is 1.